The lowest BCUT2D eigenvalue weighted by atomic mass is 10.1. The Morgan fingerprint density at radius 2 is 2.06 bits per heavy atom. The van der Waals surface area contributed by atoms with Gasteiger partial charge in [0.15, 0.2) is 0 Å². The first kappa shape index (κ1) is 13.3. The summed E-state index contributed by atoms with van der Waals surface area (Å²) in [7, 11) is 0. The zero-order valence-corrected chi connectivity index (χ0v) is 11.3. The molecule has 0 radical (unpaired) electrons. The lowest BCUT2D eigenvalue weighted by Crippen LogP contribution is -2.13. The van der Waals surface area contributed by atoms with Gasteiger partial charge >= 0.3 is 0 Å². The summed E-state index contributed by atoms with van der Waals surface area (Å²) in [5.74, 6) is 0.966. The number of rotatable bonds is 5. The van der Waals surface area contributed by atoms with Gasteiger partial charge in [0, 0.05) is 18.3 Å². The molecule has 1 aliphatic carbocycles. The van der Waals surface area contributed by atoms with Crippen molar-refractivity contribution in [3.05, 3.63) is 23.9 Å². The van der Waals surface area contributed by atoms with E-state index in [-0.39, 0.29) is 0 Å². The van der Waals surface area contributed by atoms with Crippen molar-refractivity contribution in [2.24, 2.45) is 0 Å². The molecule has 1 aromatic heterocycles. The normalized spacial score (nSPS) is 17.4. The molecule has 2 rings (SSSR count). The summed E-state index contributed by atoms with van der Waals surface area (Å²) in [6, 6.07) is 4.08. The highest BCUT2D eigenvalue weighted by Crippen LogP contribution is 2.22. The number of hydrogen-bond acceptors (Lipinski definition) is 3. The van der Waals surface area contributed by atoms with E-state index in [2.05, 4.69) is 23.3 Å². The van der Waals surface area contributed by atoms with E-state index in [1.165, 1.54) is 44.1 Å². The fourth-order valence-corrected chi connectivity index (χ4v) is 2.50. The molecule has 0 unspecified atom stereocenters. The minimum atomic E-state index is 0.446. The number of nitrogens with one attached hydrogen (secondary N) is 1. The molecule has 3 nitrogen and oxygen atoms in total. The van der Waals surface area contributed by atoms with Crippen molar-refractivity contribution in [3.63, 3.8) is 0 Å². The highest BCUT2D eigenvalue weighted by molar-refractivity contribution is 5.42. The fraction of sp³-hybridized carbons (Fsp3) is 0.667. The molecule has 0 amide bonds. The smallest absolute Gasteiger partial charge is 0.131 e. The van der Waals surface area contributed by atoms with Crippen molar-refractivity contribution in [2.75, 3.05) is 11.9 Å². The summed E-state index contributed by atoms with van der Waals surface area (Å²) < 4.78 is 6.06. The first-order valence-electron chi connectivity index (χ1n) is 7.19. The topological polar surface area (TPSA) is 34.2 Å². The molecule has 1 fully saturated rings. The molecule has 100 valence electrons. The predicted octanol–water partition coefficient (Wildman–Crippen LogP) is 3.75. The summed E-state index contributed by atoms with van der Waals surface area (Å²) in [6.45, 7) is 3.67. The van der Waals surface area contributed by atoms with E-state index in [1.807, 2.05) is 12.3 Å². The third-order valence-corrected chi connectivity index (χ3v) is 3.51. The quantitative estimate of drug-likeness (QED) is 0.806. The monoisotopic (exact) mass is 248 g/mol. The Labute approximate surface area is 110 Å². The second kappa shape index (κ2) is 7.37. The molecule has 18 heavy (non-hydrogen) atoms. The van der Waals surface area contributed by atoms with Crippen LogP contribution in [-0.4, -0.2) is 17.6 Å². The Hall–Kier alpha value is -1.09. The van der Waals surface area contributed by atoms with Gasteiger partial charge < -0.3 is 10.1 Å². The summed E-state index contributed by atoms with van der Waals surface area (Å²) in [5.41, 5.74) is 1.17. The SMILES string of the molecule is CCNc1ncccc1COC1CCCCCC1. The minimum absolute atomic E-state index is 0.446. The van der Waals surface area contributed by atoms with E-state index in [4.69, 9.17) is 4.74 Å². The van der Waals surface area contributed by atoms with Gasteiger partial charge in [0.1, 0.15) is 5.82 Å². The van der Waals surface area contributed by atoms with E-state index in [9.17, 15) is 0 Å². The van der Waals surface area contributed by atoms with Crippen LogP contribution in [0.3, 0.4) is 0 Å². The molecular formula is C15H24N2O. The van der Waals surface area contributed by atoms with Gasteiger partial charge in [-0.05, 0) is 25.8 Å². The number of hydrogen-bond donors (Lipinski definition) is 1. The number of ether oxygens (including phenoxy) is 1. The second-order valence-corrected chi connectivity index (χ2v) is 4.97. The molecule has 1 aromatic rings. The maximum Gasteiger partial charge on any atom is 0.131 e. The molecule has 1 saturated carbocycles. The van der Waals surface area contributed by atoms with E-state index in [0.717, 1.165) is 12.4 Å². The number of pyridine rings is 1. The Balaban J connectivity index is 1.88. The second-order valence-electron chi connectivity index (χ2n) is 4.97. The van der Waals surface area contributed by atoms with Crippen LogP contribution in [0.1, 0.15) is 51.0 Å². The van der Waals surface area contributed by atoms with Gasteiger partial charge in [-0.1, -0.05) is 31.7 Å². The summed E-state index contributed by atoms with van der Waals surface area (Å²) in [4.78, 5) is 4.36. The zero-order valence-electron chi connectivity index (χ0n) is 11.3. The lowest BCUT2D eigenvalue weighted by Gasteiger charge is -2.16. The third kappa shape index (κ3) is 3.98. The first-order valence-corrected chi connectivity index (χ1v) is 7.19. The van der Waals surface area contributed by atoms with Crippen LogP contribution in [0.2, 0.25) is 0 Å². The maximum absolute atomic E-state index is 6.06. The molecule has 1 aliphatic rings. The summed E-state index contributed by atoms with van der Waals surface area (Å²) in [5, 5.41) is 3.29. The van der Waals surface area contributed by atoms with Gasteiger partial charge in [-0.3, -0.25) is 0 Å². The Kier molecular flexibility index (Phi) is 5.46. The number of anilines is 1. The molecule has 0 aliphatic heterocycles. The van der Waals surface area contributed by atoms with Crippen LogP contribution in [0.4, 0.5) is 5.82 Å². The maximum atomic E-state index is 6.06. The molecular weight excluding hydrogens is 224 g/mol. The highest BCUT2D eigenvalue weighted by Gasteiger charge is 2.13. The van der Waals surface area contributed by atoms with Crippen LogP contribution in [0.25, 0.3) is 0 Å². The number of aromatic nitrogens is 1. The molecule has 0 bridgehead atoms. The van der Waals surface area contributed by atoms with Crippen LogP contribution >= 0.6 is 0 Å². The Morgan fingerprint density at radius 3 is 2.78 bits per heavy atom. The molecule has 1 heterocycles. The molecule has 3 heteroatoms. The fourth-order valence-electron chi connectivity index (χ4n) is 2.50. The highest BCUT2D eigenvalue weighted by atomic mass is 16.5. The van der Waals surface area contributed by atoms with Crippen LogP contribution in [0.15, 0.2) is 18.3 Å². The molecule has 0 aromatic carbocycles. The molecule has 1 N–H and O–H groups in total. The van der Waals surface area contributed by atoms with Gasteiger partial charge in [-0.2, -0.15) is 0 Å². The molecule has 0 saturated heterocycles. The van der Waals surface area contributed by atoms with Crippen LogP contribution < -0.4 is 5.32 Å². The van der Waals surface area contributed by atoms with Gasteiger partial charge in [-0.15, -0.1) is 0 Å². The van der Waals surface area contributed by atoms with Crippen molar-refractivity contribution >= 4 is 5.82 Å². The first-order chi connectivity index (χ1) is 8.90. The van der Waals surface area contributed by atoms with E-state index in [1.54, 1.807) is 0 Å². The average Bonchev–Trinajstić information content (AvgIpc) is 2.67. The van der Waals surface area contributed by atoms with Crippen LogP contribution in [-0.2, 0) is 11.3 Å². The van der Waals surface area contributed by atoms with Gasteiger partial charge in [0.05, 0.1) is 12.7 Å². The van der Waals surface area contributed by atoms with E-state index < -0.39 is 0 Å². The predicted molar refractivity (Wildman–Crippen MR) is 74.7 cm³/mol. The van der Waals surface area contributed by atoms with Crippen molar-refractivity contribution in [3.8, 4) is 0 Å². The average molecular weight is 248 g/mol. The van der Waals surface area contributed by atoms with Gasteiger partial charge in [0.2, 0.25) is 0 Å². The largest absolute Gasteiger partial charge is 0.373 e. The Morgan fingerprint density at radius 1 is 1.28 bits per heavy atom. The van der Waals surface area contributed by atoms with Crippen molar-refractivity contribution in [1.82, 2.24) is 4.98 Å². The van der Waals surface area contributed by atoms with Gasteiger partial charge in [0.25, 0.3) is 0 Å². The lowest BCUT2D eigenvalue weighted by molar-refractivity contribution is 0.0311. The van der Waals surface area contributed by atoms with Gasteiger partial charge in [-0.25, -0.2) is 4.98 Å². The Bertz CT molecular complexity index is 346. The van der Waals surface area contributed by atoms with E-state index in [0.29, 0.717) is 12.7 Å². The van der Waals surface area contributed by atoms with Crippen LogP contribution in [0, 0.1) is 0 Å². The standard InChI is InChI=1S/C15H24N2O/c1-2-16-15-13(8-7-11-17-15)12-18-14-9-5-3-4-6-10-14/h7-8,11,14H,2-6,9-10,12H2,1H3,(H,16,17). The van der Waals surface area contributed by atoms with E-state index >= 15 is 0 Å². The molecule has 0 spiro atoms. The summed E-state index contributed by atoms with van der Waals surface area (Å²) in [6.07, 6.45) is 10.1. The van der Waals surface area contributed by atoms with Crippen molar-refractivity contribution < 1.29 is 4.74 Å². The van der Waals surface area contributed by atoms with Crippen molar-refractivity contribution in [2.45, 2.75) is 58.2 Å². The minimum Gasteiger partial charge on any atom is -0.373 e. The molecule has 0 atom stereocenters. The van der Waals surface area contributed by atoms with Crippen LogP contribution in [0.5, 0.6) is 0 Å². The summed E-state index contributed by atoms with van der Waals surface area (Å²) >= 11 is 0. The zero-order chi connectivity index (χ0) is 12.6. The number of nitrogens with zero attached hydrogens (tertiary/aromatic N) is 1. The van der Waals surface area contributed by atoms with Crippen molar-refractivity contribution in [1.29, 1.82) is 0 Å². The third-order valence-electron chi connectivity index (χ3n) is 3.51.